The minimum absolute atomic E-state index is 0.295. The number of ether oxygens (including phenoxy) is 1. The molecule has 0 saturated heterocycles. The van der Waals surface area contributed by atoms with Crippen LogP contribution in [0.4, 0.5) is 11.5 Å². The molecule has 7 heteroatoms. The molecule has 2 N–H and O–H groups in total. The van der Waals surface area contributed by atoms with Gasteiger partial charge in [-0.3, -0.25) is 4.79 Å². The molecule has 0 bridgehead atoms. The molecule has 0 aliphatic heterocycles. The Morgan fingerprint density at radius 2 is 2.09 bits per heavy atom. The van der Waals surface area contributed by atoms with Crippen LogP contribution in [0, 0.1) is 0 Å². The fraction of sp³-hybridized carbons (Fsp3) is 0.312. The largest absolute Gasteiger partial charge is 0.497 e. The lowest BCUT2D eigenvalue weighted by molar-refractivity contribution is 0.102. The summed E-state index contributed by atoms with van der Waals surface area (Å²) < 4.78 is 5.13. The zero-order chi connectivity index (χ0) is 16.7. The standard InChI is InChI=1S/C16H21N5O2/c1-21(2)8-7-17-15-10-14(18-11-19-15)16(22)20-12-5-4-6-13(9-12)23-3/h4-6,9-11H,7-8H2,1-3H3,(H,20,22)(H,17,18,19). The van der Waals surface area contributed by atoms with Crippen molar-refractivity contribution < 1.29 is 9.53 Å². The first kappa shape index (κ1) is 16.7. The number of benzene rings is 1. The maximum Gasteiger partial charge on any atom is 0.274 e. The van der Waals surface area contributed by atoms with Gasteiger partial charge >= 0.3 is 0 Å². The van der Waals surface area contributed by atoms with Gasteiger partial charge in [0.15, 0.2) is 0 Å². The van der Waals surface area contributed by atoms with Crippen LogP contribution < -0.4 is 15.4 Å². The summed E-state index contributed by atoms with van der Waals surface area (Å²) in [6, 6.07) is 8.79. The number of methoxy groups -OCH3 is 1. The van der Waals surface area contributed by atoms with Crippen molar-refractivity contribution in [3.05, 3.63) is 42.4 Å². The van der Waals surface area contributed by atoms with Crippen molar-refractivity contribution in [1.82, 2.24) is 14.9 Å². The Morgan fingerprint density at radius 1 is 1.26 bits per heavy atom. The average Bonchev–Trinajstić information content (AvgIpc) is 2.55. The Hall–Kier alpha value is -2.67. The Kier molecular flexibility index (Phi) is 5.87. The van der Waals surface area contributed by atoms with Crippen LogP contribution in [-0.2, 0) is 0 Å². The molecule has 7 nitrogen and oxygen atoms in total. The molecule has 0 saturated carbocycles. The van der Waals surface area contributed by atoms with E-state index in [1.54, 1.807) is 25.3 Å². The van der Waals surface area contributed by atoms with Crippen LogP contribution in [0.1, 0.15) is 10.5 Å². The van der Waals surface area contributed by atoms with E-state index in [1.807, 2.05) is 26.2 Å². The number of nitrogens with one attached hydrogen (secondary N) is 2. The van der Waals surface area contributed by atoms with E-state index in [1.165, 1.54) is 6.33 Å². The average molecular weight is 315 g/mol. The number of hydrogen-bond acceptors (Lipinski definition) is 6. The molecular weight excluding hydrogens is 294 g/mol. The van der Waals surface area contributed by atoms with Crippen molar-refractivity contribution in [2.75, 3.05) is 44.9 Å². The highest BCUT2D eigenvalue weighted by molar-refractivity contribution is 6.03. The minimum atomic E-state index is -0.295. The van der Waals surface area contributed by atoms with Crippen LogP contribution in [0.3, 0.4) is 0 Å². The number of carbonyl (C=O) groups is 1. The first-order valence-electron chi connectivity index (χ1n) is 7.24. The van der Waals surface area contributed by atoms with E-state index in [0.717, 1.165) is 13.1 Å². The highest BCUT2D eigenvalue weighted by Crippen LogP contribution is 2.17. The maximum absolute atomic E-state index is 12.3. The molecule has 1 heterocycles. The van der Waals surface area contributed by atoms with Gasteiger partial charge in [0.25, 0.3) is 5.91 Å². The molecule has 1 aromatic heterocycles. The minimum Gasteiger partial charge on any atom is -0.497 e. The topological polar surface area (TPSA) is 79.4 Å². The quantitative estimate of drug-likeness (QED) is 0.810. The zero-order valence-corrected chi connectivity index (χ0v) is 13.5. The summed E-state index contributed by atoms with van der Waals surface area (Å²) in [6.45, 7) is 1.61. The third kappa shape index (κ3) is 5.23. The fourth-order valence-corrected chi connectivity index (χ4v) is 1.88. The van der Waals surface area contributed by atoms with Crippen molar-refractivity contribution in [1.29, 1.82) is 0 Å². The van der Waals surface area contributed by atoms with E-state index in [9.17, 15) is 4.79 Å². The van der Waals surface area contributed by atoms with Gasteiger partial charge in [0.05, 0.1) is 7.11 Å². The van der Waals surface area contributed by atoms with Crippen molar-refractivity contribution in [3.8, 4) is 5.75 Å². The molecule has 0 atom stereocenters. The summed E-state index contributed by atoms with van der Waals surface area (Å²) in [6.07, 6.45) is 1.37. The lowest BCUT2D eigenvalue weighted by atomic mass is 10.3. The summed E-state index contributed by atoms with van der Waals surface area (Å²) in [5.74, 6) is 1.01. The van der Waals surface area contributed by atoms with E-state index in [2.05, 4.69) is 25.5 Å². The molecule has 1 amide bonds. The number of aromatic nitrogens is 2. The van der Waals surface area contributed by atoms with Gasteiger partial charge in [-0.05, 0) is 26.2 Å². The number of hydrogen-bond donors (Lipinski definition) is 2. The van der Waals surface area contributed by atoms with Gasteiger partial charge in [0.1, 0.15) is 23.6 Å². The van der Waals surface area contributed by atoms with Crippen LogP contribution in [0.5, 0.6) is 5.75 Å². The molecule has 1 aromatic carbocycles. The fourth-order valence-electron chi connectivity index (χ4n) is 1.88. The molecule has 0 aliphatic rings. The third-order valence-electron chi connectivity index (χ3n) is 3.09. The zero-order valence-electron chi connectivity index (χ0n) is 13.5. The van der Waals surface area contributed by atoms with Crippen LogP contribution >= 0.6 is 0 Å². The second kappa shape index (κ2) is 8.09. The highest BCUT2D eigenvalue weighted by atomic mass is 16.5. The number of nitrogens with zero attached hydrogens (tertiary/aromatic N) is 3. The Balaban J connectivity index is 2.01. The predicted octanol–water partition coefficient (Wildman–Crippen LogP) is 1.71. The van der Waals surface area contributed by atoms with Gasteiger partial charge in [-0.1, -0.05) is 6.07 Å². The Labute approximate surface area is 135 Å². The van der Waals surface area contributed by atoms with Crippen molar-refractivity contribution in [2.45, 2.75) is 0 Å². The molecule has 0 fully saturated rings. The smallest absolute Gasteiger partial charge is 0.274 e. The summed E-state index contributed by atoms with van der Waals surface area (Å²) in [5.41, 5.74) is 0.949. The third-order valence-corrected chi connectivity index (χ3v) is 3.09. The van der Waals surface area contributed by atoms with Gasteiger partial charge in [0.2, 0.25) is 0 Å². The van der Waals surface area contributed by atoms with Crippen LogP contribution in [-0.4, -0.2) is 55.1 Å². The van der Waals surface area contributed by atoms with E-state index >= 15 is 0 Å². The van der Waals surface area contributed by atoms with Crippen LogP contribution in [0.2, 0.25) is 0 Å². The number of anilines is 2. The van der Waals surface area contributed by atoms with Gasteiger partial charge in [0, 0.05) is 30.9 Å². The summed E-state index contributed by atoms with van der Waals surface area (Å²) in [5, 5.41) is 5.95. The molecule has 0 spiro atoms. The number of likely N-dealkylation sites (N-methyl/N-ethyl adjacent to an activating group) is 1. The maximum atomic E-state index is 12.3. The number of rotatable bonds is 7. The normalized spacial score (nSPS) is 10.4. The van der Waals surface area contributed by atoms with Crippen LogP contribution in [0.25, 0.3) is 0 Å². The predicted molar refractivity (Wildman–Crippen MR) is 90.0 cm³/mol. The Bertz CT molecular complexity index is 660. The Morgan fingerprint density at radius 3 is 2.83 bits per heavy atom. The molecule has 122 valence electrons. The lowest BCUT2D eigenvalue weighted by Gasteiger charge is -2.11. The highest BCUT2D eigenvalue weighted by Gasteiger charge is 2.09. The van der Waals surface area contributed by atoms with E-state index in [4.69, 9.17) is 4.74 Å². The molecule has 2 rings (SSSR count). The molecule has 23 heavy (non-hydrogen) atoms. The summed E-state index contributed by atoms with van der Waals surface area (Å²) in [7, 11) is 5.57. The first-order valence-corrected chi connectivity index (χ1v) is 7.24. The second-order valence-corrected chi connectivity index (χ2v) is 5.20. The van der Waals surface area contributed by atoms with Gasteiger partial charge in [-0.2, -0.15) is 0 Å². The van der Waals surface area contributed by atoms with Gasteiger partial charge < -0.3 is 20.3 Å². The molecule has 0 radical (unpaired) electrons. The molecule has 0 aliphatic carbocycles. The van der Waals surface area contributed by atoms with E-state index in [0.29, 0.717) is 22.9 Å². The number of carbonyl (C=O) groups excluding carboxylic acids is 1. The van der Waals surface area contributed by atoms with E-state index in [-0.39, 0.29) is 5.91 Å². The molecule has 2 aromatic rings. The van der Waals surface area contributed by atoms with E-state index < -0.39 is 0 Å². The van der Waals surface area contributed by atoms with Crippen molar-refractivity contribution in [3.63, 3.8) is 0 Å². The summed E-state index contributed by atoms with van der Waals surface area (Å²) in [4.78, 5) is 22.5. The van der Waals surface area contributed by atoms with Gasteiger partial charge in [-0.25, -0.2) is 9.97 Å². The molecular formula is C16H21N5O2. The van der Waals surface area contributed by atoms with Crippen molar-refractivity contribution in [2.24, 2.45) is 0 Å². The second-order valence-electron chi connectivity index (χ2n) is 5.20. The lowest BCUT2D eigenvalue weighted by Crippen LogP contribution is -2.21. The monoisotopic (exact) mass is 315 g/mol. The van der Waals surface area contributed by atoms with Crippen molar-refractivity contribution >= 4 is 17.4 Å². The summed E-state index contributed by atoms with van der Waals surface area (Å²) >= 11 is 0. The van der Waals surface area contributed by atoms with Crippen LogP contribution in [0.15, 0.2) is 36.7 Å². The molecule has 0 unspecified atom stereocenters. The first-order chi connectivity index (χ1) is 11.1. The van der Waals surface area contributed by atoms with Gasteiger partial charge in [-0.15, -0.1) is 0 Å². The number of amides is 1. The SMILES string of the molecule is COc1cccc(NC(=O)c2cc(NCCN(C)C)ncn2)c1.